The summed E-state index contributed by atoms with van der Waals surface area (Å²) in [6.45, 7) is -0.375. The van der Waals surface area contributed by atoms with E-state index in [0.717, 1.165) is 27.8 Å². The summed E-state index contributed by atoms with van der Waals surface area (Å²) in [6.07, 6.45) is -2.48. The smallest absolute Gasteiger partial charge is 0.385 e. The summed E-state index contributed by atoms with van der Waals surface area (Å²) >= 11 is 0. The van der Waals surface area contributed by atoms with Gasteiger partial charge in [0, 0.05) is 16.9 Å². The molecule has 1 aliphatic rings. The van der Waals surface area contributed by atoms with Gasteiger partial charge in [0.05, 0.1) is 7.05 Å². The number of rotatable bonds is 4. The fourth-order valence-electron chi connectivity index (χ4n) is 2.10. The van der Waals surface area contributed by atoms with Gasteiger partial charge >= 0.3 is 17.6 Å². The minimum Gasteiger partial charge on any atom is -0.385 e. The van der Waals surface area contributed by atoms with E-state index in [1.165, 1.54) is 0 Å². The van der Waals surface area contributed by atoms with Crippen molar-refractivity contribution in [3.05, 3.63) is 11.4 Å². The van der Waals surface area contributed by atoms with Crippen LogP contribution in [0.15, 0.2) is 5.16 Å². The number of aromatic nitrogens is 3. The van der Waals surface area contributed by atoms with Gasteiger partial charge in [-0.05, 0) is 18.6 Å². The molecule has 0 saturated heterocycles. The molecule has 25 heavy (non-hydrogen) atoms. The Hall–Kier alpha value is -1.99. The number of nitrogens with zero attached hydrogens (tertiary/aromatic N) is 4. The van der Waals surface area contributed by atoms with Gasteiger partial charge in [-0.15, -0.1) is 0 Å². The average molecular weight is 393 g/mol. The van der Waals surface area contributed by atoms with Crippen LogP contribution in [0, 0.1) is 6.92 Å². The number of hydrogen-bond donors (Lipinski definition) is 0. The van der Waals surface area contributed by atoms with E-state index in [9.17, 15) is 30.4 Å². The summed E-state index contributed by atoms with van der Waals surface area (Å²) in [5.74, 6) is 0. The van der Waals surface area contributed by atoms with Crippen molar-refractivity contribution in [2.45, 2.75) is 44.4 Å². The number of sulfone groups is 1. The number of aryl methyl sites for hydroxylation is 2. The third-order valence-electron chi connectivity index (χ3n) is 3.36. The maximum absolute atomic E-state index is 14.7. The highest BCUT2D eigenvalue weighted by Gasteiger charge is 2.63. The summed E-state index contributed by atoms with van der Waals surface area (Å²) in [6, 6.07) is 0. The van der Waals surface area contributed by atoms with Crippen molar-refractivity contribution in [1.82, 2.24) is 9.90 Å². The van der Waals surface area contributed by atoms with E-state index in [4.69, 9.17) is 0 Å². The highest BCUT2D eigenvalue weighted by Crippen LogP contribution is 2.39. The summed E-state index contributed by atoms with van der Waals surface area (Å²) in [5, 5.41) is -0.0764. The fraction of sp³-hybridized carbons (Fsp3) is 0.727. The molecule has 1 aromatic rings. The predicted molar refractivity (Wildman–Crippen MR) is 71.0 cm³/mol. The molecular formula is C11H14F5N4O4S+. The predicted octanol–water partition coefficient (Wildman–Crippen LogP) is 0.592. The summed E-state index contributed by atoms with van der Waals surface area (Å²) in [7, 11) is -4.79. The standard InChI is InChI=1S/C11H14F5N4O4S/c1-5-7(20(19(4)17-5)23-9(13)14)11(15,16)25(21,22)8-6(12)10(2,3)24-18-8/h6,9H,1-4H3/q+1. The number of oxime groups is 1. The van der Waals surface area contributed by atoms with Gasteiger partial charge in [-0.1, -0.05) is 5.16 Å². The lowest BCUT2D eigenvalue weighted by molar-refractivity contribution is -0.973. The quantitative estimate of drug-likeness (QED) is 0.552. The van der Waals surface area contributed by atoms with Crippen LogP contribution in [-0.2, 0) is 27.0 Å². The monoisotopic (exact) mass is 393 g/mol. The molecule has 1 unspecified atom stereocenters. The molecule has 0 saturated carbocycles. The van der Waals surface area contributed by atoms with Crippen LogP contribution < -0.4 is 9.68 Å². The highest BCUT2D eigenvalue weighted by molar-refractivity contribution is 8.07. The Morgan fingerprint density at radius 3 is 2.40 bits per heavy atom. The van der Waals surface area contributed by atoms with Crippen LogP contribution in [0.2, 0.25) is 0 Å². The zero-order valence-electron chi connectivity index (χ0n) is 13.4. The molecule has 0 aliphatic carbocycles. The van der Waals surface area contributed by atoms with E-state index < -0.39 is 49.9 Å². The van der Waals surface area contributed by atoms with Crippen molar-refractivity contribution in [3.8, 4) is 0 Å². The third kappa shape index (κ3) is 2.91. The first kappa shape index (κ1) is 19.3. The zero-order chi connectivity index (χ0) is 19.4. The van der Waals surface area contributed by atoms with Gasteiger partial charge in [-0.25, -0.2) is 17.6 Å². The van der Waals surface area contributed by atoms with Crippen LogP contribution in [0.4, 0.5) is 22.0 Å². The molecule has 0 amide bonds. The van der Waals surface area contributed by atoms with Crippen LogP contribution >= 0.6 is 0 Å². The van der Waals surface area contributed by atoms with Crippen LogP contribution in [0.25, 0.3) is 0 Å². The van der Waals surface area contributed by atoms with Crippen LogP contribution in [0.5, 0.6) is 0 Å². The lowest BCUT2D eigenvalue weighted by atomic mass is 10.1. The van der Waals surface area contributed by atoms with Crippen LogP contribution in [0.1, 0.15) is 25.2 Å². The summed E-state index contributed by atoms with van der Waals surface area (Å²) < 4.78 is 93.0. The average Bonchev–Trinajstić information content (AvgIpc) is 2.86. The molecule has 14 heteroatoms. The minimum absolute atomic E-state index is 0.174. The van der Waals surface area contributed by atoms with Gasteiger partial charge in [0.1, 0.15) is 0 Å². The second kappa shape index (κ2) is 5.78. The Morgan fingerprint density at radius 2 is 1.96 bits per heavy atom. The van der Waals surface area contributed by atoms with Crippen LogP contribution in [0.3, 0.4) is 0 Å². The second-order valence-corrected chi connectivity index (χ2v) is 7.61. The SMILES string of the molecule is Cc1nn(C)[n+](OC(F)F)c1C(F)(F)S(=O)(=O)C1=NOC(C)(C)C1F. The second-order valence-electron chi connectivity index (χ2n) is 5.67. The molecule has 0 spiro atoms. The Bertz CT molecular complexity index is 821. The molecule has 8 nitrogen and oxygen atoms in total. The van der Waals surface area contributed by atoms with E-state index in [1.807, 2.05) is 0 Å². The molecule has 0 N–H and O–H groups in total. The lowest BCUT2D eigenvalue weighted by Gasteiger charge is -2.19. The van der Waals surface area contributed by atoms with E-state index in [2.05, 4.69) is 19.9 Å². The molecular weight excluding hydrogens is 379 g/mol. The van der Waals surface area contributed by atoms with Crippen molar-refractivity contribution in [2.24, 2.45) is 12.2 Å². The van der Waals surface area contributed by atoms with Crippen molar-refractivity contribution < 1.29 is 44.9 Å². The molecule has 1 atom stereocenters. The van der Waals surface area contributed by atoms with Crippen molar-refractivity contribution in [1.29, 1.82) is 0 Å². The molecule has 2 heterocycles. The van der Waals surface area contributed by atoms with E-state index in [1.54, 1.807) is 0 Å². The maximum atomic E-state index is 14.7. The van der Waals surface area contributed by atoms with Gasteiger partial charge in [-0.3, -0.25) is 0 Å². The number of hydrogen-bond acceptors (Lipinski definition) is 6. The largest absolute Gasteiger partial charge is 0.429 e. The van der Waals surface area contributed by atoms with Gasteiger partial charge in [0.2, 0.25) is 10.7 Å². The van der Waals surface area contributed by atoms with E-state index >= 15 is 0 Å². The van der Waals surface area contributed by atoms with E-state index in [0.29, 0.717) is 4.80 Å². The molecule has 142 valence electrons. The third-order valence-corrected chi connectivity index (χ3v) is 5.06. The van der Waals surface area contributed by atoms with Crippen molar-refractivity contribution in [3.63, 3.8) is 0 Å². The zero-order valence-corrected chi connectivity index (χ0v) is 14.2. The summed E-state index contributed by atoms with van der Waals surface area (Å²) in [5.41, 5.74) is -3.90. The van der Waals surface area contributed by atoms with Gasteiger partial charge < -0.3 is 4.84 Å². The molecule has 0 fully saturated rings. The summed E-state index contributed by atoms with van der Waals surface area (Å²) in [4.78, 5) is 8.69. The van der Waals surface area contributed by atoms with Gasteiger partial charge in [-0.2, -0.15) is 17.6 Å². The highest BCUT2D eigenvalue weighted by atomic mass is 32.2. The van der Waals surface area contributed by atoms with Crippen molar-refractivity contribution in [2.75, 3.05) is 0 Å². The molecule has 0 bridgehead atoms. The maximum Gasteiger partial charge on any atom is 0.429 e. The molecule has 2 rings (SSSR count). The van der Waals surface area contributed by atoms with Crippen molar-refractivity contribution >= 4 is 14.9 Å². The van der Waals surface area contributed by atoms with Crippen LogP contribution in [-0.4, -0.2) is 41.7 Å². The topological polar surface area (TPSA) is 86.7 Å². The Balaban J connectivity index is 2.60. The first-order valence-corrected chi connectivity index (χ1v) is 8.16. The molecule has 1 aliphatic heterocycles. The Kier molecular flexibility index (Phi) is 4.47. The Labute approximate surface area is 138 Å². The molecule has 0 radical (unpaired) electrons. The Morgan fingerprint density at radius 1 is 1.40 bits per heavy atom. The van der Waals surface area contributed by atoms with Gasteiger partial charge in [0.15, 0.2) is 11.8 Å². The lowest BCUT2D eigenvalue weighted by Crippen LogP contribution is -2.58. The number of alkyl halides is 5. The first-order valence-electron chi connectivity index (χ1n) is 6.67. The van der Waals surface area contributed by atoms with Gasteiger partial charge in [0.25, 0.3) is 9.84 Å². The van der Waals surface area contributed by atoms with E-state index in [-0.39, 0.29) is 4.85 Å². The fourth-order valence-corrected chi connectivity index (χ4v) is 3.54. The molecule has 0 aromatic carbocycles. The normalized spacial score (nSPS) is 20.6. The minimum atomic E-state index is -5.76. The molecule has 1 aromatic heterocycles. The first-order chi connectivity index (χ1) is 11.2. The number of halogens is 5.